The number of benzene rings is 3. The highest BCUT2D eigenvalue weighted by Gasteiger charge is 2.25. The van der Waals surface area contributed by atoms with E-state index in [-0.39, 0.29) is 29.2 Å². The van der Waals surface area contributed by atoms with Gasteiger partial charge < -0.3 is 10.4 Å². The van der Waals surface area contributed by atoms with Crippen LogP contribution in [0.4, 0.5) is 0 Å². The van der Waals surface area contributed by atoms with Gasteiger partial charge in [0.15, 0.2) is 9.84 Å². The van der Waals surface area contributed by atoms with Crippen molar-refractivity contribution < 1.29 is 31.5 Å². The zero-order valence-electron chi connectivity index (χ0n) is 19.5. The molecule has 1 atom stereocenters. The lowest BCUT2D eigenvalue weighted by Gasteiger charge is -2.15. The molecule has 196 valence electrons. The minimum Gasteiger partial charge on any atom is -0.480 e. The zero-order valence-corrected chi connectivity index (χ0v) is 21.9. The maximum Gasteiger partial charge on any atom is 0.326 e. The maximum absolute atomic E-state index is 12.8. The number of hydrogen-bond acceptors (Lipinski definition) is 6. The van der Waals surface area contributed by atoms with Gasteiger partial charge in [-0.2, -0.15) is 0 Å². The van der Waals surface area contributed by atoms with Crippen molar-refractivity contribution in [2.75, 3.05) is 12.3 Å². The molecule has 0 radical (unpaired) electrons. The minimum atomic E-state index is -4.08. The first-order valence-corrected chi connectivity index (χ1v) is 14.6. The first kappa shape index (κ1) is 28.3. The molecule has 0 aliphatic carbocycles. The summed E-state index contributed by atoms with van der Waals surface area (Å²) in [5.74, 6) is -3.15. The number of rotatable bonds is 12. The van der Waals surface area contributed by atoms with E-state index in [1.54, 1.807) is 36.4 Å². The Labute approximate surface area is 220 Å². The van der Waals surface area contributed by atoms with E-state index in [2.05, 4.69) is 10.0 Å². The Morgan fingerprint density at radius 3 is 2.14 bits per heavy atom. The van der Waals surface area contributed by atoms with E-state index in [1.165, 1.54) is 42.5 Å². The minimum absolute atomic E-state index is 0.00335. The van der Waals surface area contributed by atoms with Crippen molar-refractivity contribution in [2.45, 2.75) is 28.7 Å². The largest absolute Gasteiger partial charge is 0.480 e. The van der Waals surface area contributed by atoms with Crippen LogP contribution in [0.3, 0.4) is 0 Å². The highest BCUT2D eigenvalue weighted by atomic mass is 35.5. The fourth-order valence-corrected chi connectivity index (χ4v) is 5.83. The Kier molecular flexibility index (Phi) is 9.44. The molecule has 0 aliphatic rings. The zero-order chi connectivity index (χ0) is 27.1. The van der Waals surface area contributed by atoms with E-state index in [4.69, 9.17) is 11.6 Å². The third kappa shape index (κ3) is 8.39. The second-order valence-corrected chi connectivity index (χ2v) is 12.3. The Hall–Kier alpha value is -3.25. The number of amides is 1. The maximum atomic E-state index is 12.8. The van der Waals surface area contributed by atoms with Crippen molar-refractivity contribution in [3.8, 4) is 0 Å². The van der Waals surface area contributed by atoms with E-state index in [0.29, 0.717) is 16.1 Å². The molecule has 3 aromatic carbocycles. The molecule has 3 aromatic rings. The highest BCUT2D eigenvalue weighted by molar-refractivity contribution is 7.92. The first-order chi connectivity index (χ1) is 17.5. The van der Waals surface area contributed by atoms with Crippen molar-refractivity contribution in [1.82, 2.24) is 10.0 Å². The van der Waals surface area contributed by atoms with Crippen LogP contribution in [-0.4, -0.2) is 52.2 Å². The summed E-state index contributed by atoms with van der Waals surface area (Å²) in [4.78, 5) is 23.9. The molecule has 12 heteroatoms. The summed E-state index contributed by atoms with van der Waals surface area (Å²) >= 11 is 5.79. The molecule has 0 saturated carbocycles. The predicted molar refractivity (Wildman–Crippen MR) is 139 cm³/mol. The van der Waals surface area contributed by atoms with Gasteiger partial charge in [-0.25, -0.2) is 26.4 Å². The van der Waals surface area contributed by atoms with Crippen molar-refractivity contribution >= 4 is 43.3 Å². The van der Waals surface area contributed by atoms with Crippen molar-refractivity contribution in [1.29, 1.82) is 0 Å². The molecular weight excluding hydrogens is 540 g/mol. The Bertz CT molecular complexity index is 1460. The molecule has 3 rings (SSSR count). The average Bonchev–Trinajstić information content (AvgIpc) is 2.84. The van der Waals surface area contributed by atoms with Gasteiger partial charge in [0, 0.05) is 18.0 Å². The second kappa shape index (κ2) is 12.3. The number of halogens is 1. The van der Waals surface area contributed by atoms with E-state index >= 15 is 0 Å². The summed E-state index contributed by atoms with van der Waals surface area (Å²) in [5.41, 5.74) is 1.21. The Morgan fingerprint density at radius 1 is 0.838 bits per heavy atom. The molecule has 1 amide bonds. The number of hydrogen-bond donors (Lipinski definition) is 3. The van der Waals surface area contributed by atoms with Gasteiger partial charge in [0.2, 0.25) is 15.9 Å². The molecule has 37 heavy (non-hydrogen) atoms. The lowest BCUT2D eigenvalue weighted by atomic mass is 10.1. The normalized spacial score (nSPS) is 12.6. The molecular formula is C25H25ClN2O7S2. The molecule has 3 N–H and O–H groups in total. The van der Waals surface area contributed by atoms with Crippen LogP contribution in [0, 0.1) is 0 Å². The van der Waals surface area contributed by atoms with E-state index in [0.717, 1.165) is 0 Å². The van der Waals surface area contributed by atoms with Gasteiger partial charge in [0.05, 0.1) is 9.79 Å². The lowest BCUT2D eigenvalue weighted by molar-refractivity contribution is -0.141. The van der Waals surface area contributed by atoms with Gasteiger partial charge in [-0.1, -0.05) is 54.1 Å². The van der Waals surface area contributed by atoms with Crippen LogP contribution in [0.25, 0.3) is 0 Å². The molecule has 0 fully saturated rings. The monoisotopic (exact) mass is 564 g/mol. The number of nitrogens with one attached hydrogen (secondary N) is 2. The van der Waals surface area contributed by atoms with Crippen LogP contribution in [0.15, 0.2) is 88.7 Å². The molecule has 0 aliphatic heterocycles. The molecule has 0 aromatic heterocycles. The third-order valence-electron chi connectivity index (χ3n) is 5.32. The van der Waals surface area contributed by atoms with Crippen molar-refractivity contribution in [3.63, 3.8) is 0 Å². The summed E-state index contributed by atoms with van der Waals surface area (Å²) in [6, 6.07) is 18.8. The lowest BCUT2D eigenvalue weighted by Crippen LogP contribution is -2.44. The van der Waals surface area contributed by atoms with Crippen LogP contribution < -0.4 is 10.0 Å². The van der Waals surface area contributed by atoms with Gasteiger partial charge in [0.1, 0.15) is 11.8 Å². The molecule has 0 spiro atoms. The molecule has 9 nitrogen and oxygen atoms in total. The van der Waals surface area contributed by atoms with Crippen LogP contribution >= 0.6 is 11.6 Å². The number of carboxylic acids is 1. The quantitative estimate of drug-likeness (QED) is 0.306. The van der Waals surface area contributed by atoms with Gasteiger partial charge in [-0.3, -0.25) is 4.79 Å². The first-order valence-electron chi connectivity index (χ1n) is 11.1. The van der Waals surface area contributed by atoms with Gasteiger partial charge in [-0.15, -0.1) is 0 Å². The fraction of sp³-hybridized carbons (Fsp3) is 0.200. The standard InChI is InChI=1S/C25H25ClN2O7S2/c26-20-9-11-21(12-10-20)37(34,35)27-14-13-19-7-4-8-22(15-19)36(32,33)17-24(29)28-23(25(30)31)16-18-5-2-1-3-6-18/h1-12,15,23,27H,13-14,16-17H2,(H,28,29)(H,30,31)/t23-/m0/s1. The molecule has 0 heterocycles. The SMILES string of the molecule is O=C(CS(=O)(=O)c1cccc(CCNS(=O)(=O)c2ccc(Cl)cc2)c1)N[C@@H](Cc1ccccc1)C(=O)O. The number of sulfone groups is 1. The number of carbonyl (C=O) groups is 2. The summed E-state index contributed by atoms with van der Waals surface area (Å²) in [6.45, 7) is 0.00866. The Balaban J connectivity index is 1.61. The molecule has 0 unspecified atom stereocenters. The van der Waals surface area contributed by atoms with Crippen LogP contribution in [0.2, 0.25) is 5.02 Å². The van der Waals surface area contributed by atoms with Crippen molar-refractivity contribution in [2.24, 2.45) is 0 Å². The van der Waals surface area contributed by atoms with Crippen LogP contribution in [0.5, 0.6) is 0 Å². The van der Waals surface area contributed by atoms with Crippen LogP contribution in [-0.2, 0) is 42.3 Å². The van der Waals surface area contributed by atoms with Crippen LogP contribution in [0.1, 0.15) is 11.1 Å². The smallest absolute Gasteiger partial charge is 0.326 e. The summed E-state index contributed by atoms with van der Waals surface area (Å²) in [7, 11) is -7.85. The molecule has 0 saturated heterocycles. The van der Waals surface area contributed by atoms with Crippen molar-refractivity contribution in [3.05, 3.63) is 95.0 Å². The van der Waals surface area contributed by atoms with Gasteiger partial charge in [-0.05, 0) is 53.9 Å². The average molecular weight is 565 g/mol. The Morgan fingerprint density at radius 2 is 1.49 bits per heavy atom. The van der Waals surface area contributed by atoms with Gasteiger partial charge in [0.25, 0.3) is 0 Å². The van der Waals surface area contributed by atoms with E-state index in [9.17, 15) is 31.5 Å². The second-order valence-electron chi connectivity index (χ2n) is 8.16. The fourth-order valence-electron chi connectivity index (χ4n) is 3.46. The highest BCUT2D eigenvalue weighted by Crippen LogP contribution is 2.16. The number of carbonyl (C=O) groups excluding carboxylic acids is 1. The summed E-state index contributed by atoms with van der Waals surface area (Å²) in [5, 5.41) is 12.1. The summed E-state index contributed by atoms with van der Waals surface area (Å²) < 4.78 is 52.9. The number of carboxylic acid groups (broad SMARTS) is 1. The number of aliphatic carboxylic acids is 1. The number of sulfonamides is 1. The third-order valence-corrected chi connectivity index (χ3v) is 8.67. The van der Waals surface area contributed by atoms with Gasteiger partial charge >= 0.3 is 5.97 Å². The predicted octanol–water partition coefficient (Wildman–Crippen LogP) is 2.45. The summed E-state index contributed by atoms with van der Waals surface area (Å²) in [6.07, 6.45) is 0.198. The topological polar surface area (TPSA) is 147 Å². The molecule has 0 bridgehead atoms. The van der Waals surface area contributed by atoms with E-state index < -0.39 is 43.5 Å². The van der Waals surface area contributed by atoms with E-state index in [1.807, 2.05) is 0 Å².